The summed E-state index contributed by atoms with van der Waals surface area (Å²) < 4.78 is 2.34. The van der Waals surface area contributed by atoms with E-state index in [2.05, 4.69) is 52.5 Å². The van der Waals surface area contributed by atoms with Gasteiger partial charge in [-0.2, -0.15) is 0 Å². The molecule has 21 heavy (non-hydrogen) atoms. The molecule has 0 saturated carbocycles. The summed E-state index contributed by atoms with van der Waals surface area (Å²) >= 11 is 3.49. The molecule has 0 aliphatic heterocycles. The van der Waals surface area contributed by atoms with E-state index in [1.165, 1.54) is 4.70 Å². The van der Waals surface area contributed by atoms with Crippen LogP contribution in [0.4, 0.5) is 5.82 Å². The van der Waals surface area contributed by atoms with Gasteiger partial charge >= 0.3 is 0 Å². The summed E-state index contributed by atoms with van der Waals surface area (Å²) in [7, 11) is 0. The van der Waals surface area contributed by atoms with Gasteiger partial charge in [0.1, 0.15) is 5.82 Å². The number of fused-ring (bicyclic) bond motifs is 1. The van der Waals surface area contributed by atoms with Crippen molar-refractivity contribution in [1.29, 1.82) is 0 Å². The van der Waals surface area contributed by atoms with E-state index >= 15 is 0 Å². The fourth-order valence-electron chi connectivity index (χ4n) is 1.96. The molecule has 2 heterocycles. The summed E-state index contributed by atoms with van der Waals surface area (Å²) in [6, 6.07) is 14.4. The van der Waals surface area contributed by atoms with Gasteiger partial charge in [0, 0.05) is 12.3 Å². The summed E-state index contributed by atoms with van der Waals surface area (Å²) in [4.78, 5) is 9.26. The van der Waals surface area contributed by atoms with Gasteiger partial charge in [0.25, 0.3) is 0 Å². The molecule has 1 aromatic carbocycles. The number of hydrogen-bond acceptors (Lipinski definition) is 5. The van der Waals surface area contributed by atoms with Crippen LogP contribution in [-0.4, -0.2) is 16.5 Å². The molecular weight excluding hydrogens is 298 g/mol. The van der Waals surface area contributed by atoms with E-state index in [9.17, 15) is 0 Å². The molecule has 108 valence electrons. The minimum Gasteiger partial charge on any atom is -0.370 e. The molecule has 2 aromatic heterocycles. The molecule has 1 N–H and O–H groups in total. The van der Waals surface area contributed by atoms with Crippen molar-refractivity contribution in [3.8, 4) is 0 Å². The number of pyridine rings is 1. The Hall–Kier alpha value is -1.59. The highest BCUT2D eigenvalue weighted by atomic mass is 32.2. The molecular formula is C16H17N3S2. The van der Waals surface area contributed by atoms with E-state index in [4.69, 9.17) is 0 Å². The summed E-state index contributed by atoms with van der Waals surface area (Å²) in [6.07, 6.45) is 1.10. The Morgan fingerprint density at radius 2 is 2.00 bits per heavy atom. The van der Waals surface area contributed by atoms with Crippen LogP contribution in [0.25, 0.3) is 10.2 Å². The maximum atomic E-state index is 4.64. The lowest BCUT2D eigenvalue weighted by molar-refractivity contribution is 0.965. The van der Waals surface area contributed by atoms with Crippen LogP contribution in [0, 0.1) is 0 Å². The summed E-state index contributed by atoms with van der Waals surface area (Å²) in [6.45, 7) is 3.11. The highest BCUT2D eigenvalue weighted by molar-refractivity contribution is 8.00. The molecule has 0 fully saturated rings. The van der Waals surface area contributed by atoms with E-state index in [1.54, 1.807) is 23.1 Å². The molecule has 0 radical (unpaired) electrons. The molecule has 5 heteroatoms. The van der Waals surface area contributed by atoms with E-state index in [0.29, 0.717) is 0 Å². The number of hydrogen-bond donors (Lipinski definition) is 1. The molecule has 0 aliphatic rings. The zero-order valence-electron chi connectivity index (χ0n) is 11.9. The lowest BCUT2D eigenvalue weighted by atomic mass is 10.3. The zero-order valence-corrected chi connectivity index (χ0v) is 13.5. The zero-order chi connectivity index (χ0) is 14.5. The van der Waals surface area contributed by atoms with Crippen molar-refractivity contribution in [3.05, 3.63) is 48.2 Å². The Labute approximate surface area is 132 Å². The van der Waals surface area contributed by atoms with Gasteiger partial charge in [-0.3, -0.25) is 0 Å². The van der Waals surface area contributed by atoms with Gasteiger partial charge in [-0.05, 0) is 30.7 Å². The molecule has 0 aliphatic carbocycles. The van der Waals surface area contributed by atoms with Crippen LogP contribution >= 0.6 is 23.1 Å². The highest BCUT2D eigenvalue weighted by Gasteiger charge is 2.05. The number of aromatic nitrogens is 2. The molecule has 0 amide bonds. The van der Waals surface area contributed by atoms with Crippen LogP contribution in [-0.2, 0) is 5.75 Å². The van der Waals surface area contributed by atoms with Gasteiger partial charge in [-0.25, -0.2) is 9.97 Å². The van der Waals surface area contributed by atoms with Crippen molar-refractivity contribution >= 4 is 39.1 Å². The van der Waals surface area contributed by atoms with Gasteiger partial charge in [0.05, 0.1) is 15.9 Å². The van der Waals surface area contributed by atoms with Crippen molar-refractivity contribution in [2.75, 3.05) is 11.9 Å². The average Bonchev–Trinajstić information content (AvgIpc) is 2.94. The molecule has 3 aromatic rings. The van der Waals surface area contributed by atoms with Gasteiger partial charge in [-0.1, -0.05) is 36.9 Å². The Kier molecular flexibility index (Phi) is 4.72. The highest BCUT2D eigenvalue weighted by Crippen LogP contribution is 2.31. The largest absolute Gasteiger partial charge is 0.370 e. The Bertz CT molecular complexity index is 691. The van der Waals surface area contributed by atoms with Crippen molar-refractivity contribution < 1.29 is 0 Å². The number of para-hydroxylation sites is 1. The molecule has 0 bridgehead atoms. The van der Waals surface area contributed by atoms with Crippen LogP contribution in [0.5, 0.6) is 0 Å². The first-order valence-electron chi connectivity index (χ1n) is 7.03. The number of rotatable bonds is 6. The number of thioether (sulfide) groups is 1. The number of nitrogens with zero attached hydrogens (tertiary/aromatic N) is 2. The molecule has 0 unspecified atom stereocenters. The van der Waals surface area contributed by atoms with E-state index in [-0.39, 0.29) is 0 Å². The molecule has 0 saturated heterocycles. The summed E-state index contributed by atoms with van der Waals surface area (Å²) in [5.74, 6) is 1.81. The Morgan fingerprint density at radius 1 is 1.10 bits per heavy atom. The van der Waals surface area contributed by atoms with Crippen molar-refractivity contribution in [2.24, 2.45) is 0 Å². The van der Waals surface area contributed by atoms with E-state index in [0.717, 1.165) is 40.1 Å². The first kappa shape index (κ1) is 14.4. The SMILES string of the molecule is CCCNc1cccc(CSc2nc3ccccc3s2)n1. The van der Waals surface area contributed by atoms with Gasteiger partial charge in [0.15, 0.2) is 4.34 Å². The maximum absolute atomic E-state index is 4.64. The number of nitrogens with one attached hydrogen (secondary N) is 1. The van der Waals surface area contributed by atoms with Crippen LogP contribution in [0.3, 0.4) is 0 Å². The fraction of sp³-hybridized carbons (Fsp3) is 0.250. The molecule has 0 atom stereocenters. The Balaban J connectivity index is 1.66. The van der Waals surface area contributed by atoms with Gasteiger partial charge in [-0.15, -0.1) is 11.3 Å². The average molecular weight is 315 g/mol. The standard InChI is InChI=1S/C16H17N3S2/c1-2-10-17-15-9-5-6-12(18-15)11-20-16-19-13-7-3-4-8-14(13)21-16/h3-9H,2,10-11H2,1H3,(H,17,18). The maximum Gasteiger partial charge on any atom is 0.151 e. The minimum atomic E-state index is 0.849. The number of anilines is 1. The number of benzene rings is 1. The van der Waals surface area contributed by atoms with E-state index < -0.39 is 0 Å². The lowest BCUT2D eigenvalue weighted by Gasteiger charge is -2.05. The quantitative estimate of drug-likeness (QED) is 0.663. The first-order chi connectivity index (χ1) is 10.3. The third-order valence-corrected chi connectivity index (χ3v) is 5.19. The second-order valence-electron chi connectivity index (χ2n) is 4.68. The second kappa shape index (κ2) is 6.91. The third kappa shape index (κ3) is 3.74. The van der Waals surface area contributed by atoms with Gasteiger partial charge < -0.3 is 5.32 Å². The normalized spacial score (nSPS) is 10.9. The second-order valence-corrected chi connectivity index (χ2v) is 6.93. The topological polar surface area (TPSA) is 37.8 Å². The van der Waals surface area contributed by atoms with Crippen molar-refractivity contribution in [2.45, 2.75) is 23.4 Å². The lowest BCUT2D eigenvalue weighted by Crippen LogP contribution is -2.02. The first-order valence-corrected chi connectivity index (χ1v) is 8.83. The van der Waals surface area contributed by atoms with Crippen LogP contribution in [0.2, 0.25) is 0 Å². The smallest absolute Gasteiger partial charge is 0.151 e. The molecule has 3 nitrogen and oxygen atoms in total. The van der Waals surface area contributed by atoms with Crippen LogP contribution in [0.15, 0.2) is 46.8 Å². The van der Waals surface area contributed by atoms with Crippen LogP contribution in [0.1, 0.15) is 19.0 Å². The predicted molar refractivity (Wildman–Crippen MR) is 92.2 cm³/mol. The summed E-state index contributed by atoms with van der Waals surface area (Å²) in [5.41, 5.74) is 2.16. The minimum absolute atomic E-state index is 0.849. The van der Waals surface area contributed by atoms with Gasteiger partial charge in [0.2, 0.25) is 0 Å². The van der Waals surface area contributed by atoms with Crippen LogP contribution < -0.4 is 5.32 Å². The monoisotopic (exact) mass is 315 g/mol. The third-order valence-electron chi connectivity index (χ3n) is 2.98. The molecule has 0 spiro atoms. The molecule has 3 rings (SSSR count). The van der Waals surface area contributed by atoms with Crippen molar-refractivity contribution in [3.63, 3.8) is 0 Å². The Morgan fingerprint density at radius 3 is 2.86 bits per heavy atom. The van der Waals surface area contributed by atoms with E-state index in [1.807, 2.05) is 12.1 Å². The fourth-order valence-corrected chi connectivity index (χ4v) is 3.93. The predicted octanol–water partition coefficient (Wildman–Crippen LogP) is 4.81. The number of thiazole rings is 1. The van der Waals surface area contributed by atoms with Crippen molar-refractivity contribution in [1.82, 2.24) is 9.97 Å². The summed E-state index contributed by atoms with van der Waals surface area (Å²) in [5, 5.41) is 3.32.